The Morgan fingerprint density at radius 1 is 1.39 bits per heavy atom. The number of halogens is 1. The second-order valence-corrected chi connectivity index (χ2v) is 7.64. The number of carbonyl (C=O) groups excluding carboxylic acids is 1. The first-order valence-corrected chi connectivity index (χ1v) is 8.65. The largest absolute Gasteiger partial charge is 0.465 e. The van der Waals surface area contributed by atoms with Gasteiger partial charge >= 0.3 is 5.97 Å². The van der Waals surface area contributed by atoms with Crippen LogP contribution in [0.4, 0.5) is 4.39 Å². The second kappa shape index (κ2) is 7.85. The number of sulfonamides is 1. The molecule has 1 atom stereocenters. The molecule has 0 spiro atoms. The molecule has 0 aliphatic heterocycles. The molecule has 1 aromatic rings. The van der Waals surface area contributed by atoms with E-state index in [9.17, 15) is 17.6 Å². The van der Waals surface area contributed by atoms with Gasteiger partial charge in [0.05, 0.1) is 12.0 Å². The molecule has 0 saturated carbocycles. The van der Waals surface area contributed by atoms with Crippen LogP contribution in [-0.2, 0) is 14.8 Å². The van der Waals surface area contributed by atoms with E-state index in [1.54, 1.807) is 0 Å². The van der Waals surface area contributed by atoms with Crippen molar-refractivity contribution >= 4 is 16.0 Å². The van der Waals surface area contributed by atoms with Crippen LogP contribution in [0.15, 0.2) is 23.1 Å². The molecule has 8 heteroatoms. The lowest BCUT2D eigenvalue weighted by Gasteiger charge is -2.22. The van der Waals surface area contributed by atoms with Gasteiger partial charge in [-0.2, -0.15) is 0 Å². The summed E-state index contributed by atoms with van der Waals surface area (Å²) in [4.78, 5) is 11.3. The number of hydrogen-bond donors (Lipinski definition) is 1. The maximum atomic E-state index is 13.9. The lowest BCUT2D eigenvalue weighted by atomic mass is 10.0. The van der Waals surface area contributed by atoms with Gasteiger partial charge in [0.1, 0.15) is 11.4 Å². The van der Waals surface area contributed by atoms with Crippen molar-refractivity contribution in [1.82, 2.24) is 4.31 Å². The number of methoxy groups -OCH3 is 1. The summed E-state index contributed by atoms with van der Waals surface area (Å²) in [5, 5.41) is 0. The van der Waals surface area contributed by atoms with E-state index < -0.39 is 32.3 Å². The fourth-order valence-electron chi connectivity index (χ4n) is 1.97. The Balaban J connectivity index is 3.14. The molecule has 0 fully saturated rings. The van der Waals surface area contributed by atoms with Gasteiger partial charge in [-0.3, -0.25) is 0 Å². The van der Waals surface area contributed by atoms with Gasteiger partial charge in [0, 0.05) is 19.6 Å². The summed E-state index contributed by atoms with van der Waals surface area (Å²) in [7, 11) is -1.60. The number of ether oxygens (including phenoxy) is 1. The molecule has 1 aromatic carbocycles. The first kappa shape index (κ1) is 19.5. The minimum atomic E-state index is -4.03. The Bertz CT molecular complexity index is 661. The summed E-state index contributed by atoms with van der Waals surface area (Å²) >= 11 is 0. The Hall–Kier alpha value is -1.51. The molecule has 1 rings (SSSR count). The predicted molar refractivity (Wildman–Crippen MR) is 85.0 cm³/mol. The van der Waals surface area contributed by atoms with E-state index in [0.29, 0.717) is 6.42 Å². The van der Waals surface area contributed by atoms with Gasteiger partial charge in [0.25, 0.3) is 0 Å². The molecule has 0 bridgehead atoms. The zero-order valence-corrected chi connectivity index (χ0v) is 14.6. The van der Waals surface area contributed by atoms with Crippen LogP contribution in [0.2, 0.25) is 0 Å². The average Bonchev–Trinajstić information content (AvgIpc) is 2.50. The first-order chi connectivity index (χ1) is 10.6. The average molecular weight is 346 g/mol. The summed E-state index contributed by atoms with van der Waals surface area (Å²) in [6.07, 6.45) is 0.455. The number of benzene rings is 1. The van der Waals surface area contributed by atoms with Crippen LogP contribution in [0.25, 0.3) is 0 Å². The van der Waals surface area contributed by atoms with Gasteiger partial charge in [-0.05, 0) is 24.5 Å². The molecule has 0 amide bonds. The van der Waals surface area contributed by atoms with Gasteiger partial charge in [-0.25, -0.2) is 21.9 Å². The molecule has 0 aliphatic rings. The highest BCUT2D eigenvalue weighted by Gasteiger charge is 2.29. The van der Waals surface area contributed by atoms with E-state index in [1.165, 1.54) is 19.2 Å². The number of nitrogens with zero attached hydrogens (tertiary/aromatic N) is 1. The molecule has 6 nitrogen and oxygen atoms in total. The molecule has 0 heterocycles. The highest BCUT2D eigenvalue weighted by Crippen LogP contribution is 2.23. The number of hydrogen-bond acceptors (Lipinski definition) is 5. The summed E-state index contributed by atoms with van der Waals surface area (Å²) in [6, 6.07) is 3.28. The van der Waals surface area contributed by atoms with Gasteiger partial charge in [-0.1, -0.05) is 19.9 Å². The molecule has 1 unspecified atom stereocenters. The maximum absolute atomic E-state index is 13.9. The van der Waals surface area contributed by atoms with Crippen molar-refractivity contribution in [3.8, 4) is 0 Å². The number of rotatable bonds is 7. The van der Waals surface area contributed by atoms with E-state index in [0.717, 1.165) is 17.5 Å². The molecular formula is C15H23FN2O4S. The van der Waals surface area contributed by atoms with Crippen LogP contribution >= 0.6 is 0 Å². The fourth-order valence-corrected chi connectivity index (χ4v) is 3.34. The van der Waals surface area contributed by atoms with Gasteiger partial charge < -0.3 is 10.5 Å². The van der Waals surface area contributed by atoms with E-state index in [1.807, 2.05) is 13.8 Å². The third-order valence-corrected chi connectivity index (χ3v) is 5.59. The predicted octanol–water partition coefficient (Wildman–Crippen LogP) is 1.61. The number of carbonyl (C=O) groups is 1. The fraction of sp³-hybridized carbons (Fsp3) is 0.533. The minimum Gasteiger partial charge on any atom is -0.465 e. The second-order valence-electron chi connectivity index (χ2n) is 5.63. The minimum absolute atomic E-state index is 0.153. The standard InChI is InChI=1S/C15H23FN2O4S/c1-10(2)12(17)8-9-18(3)23(20,21)13-7-5-6-11(16)14(13)15(19)22-4/h5-7,10,12H,8-9,17H2,1-4H3. The van der Waals surface area contributed by atoms with Crippen LogP contribution in [0.1, 0.15) is 30.6 Å². The van der Waals surface area contributed by atoms with Crippen molar-refractivity contribution in [2.75, 3.05) is 20.7 Å². The summed E-state index contributed by atoms with van der Waals surface area (Å²) in [5.74, 6) is -1.76. The Labute approximate surface area is 136 Å². The Morgan fingerprint density at radius 2 is 2.00 bits per heavy atom. The van der Waals surface area contributed by atoms with Crippen LogP contribution in [0.5, 0.6) is 0 Å². The van der Waals surface area contributed by atoms with Crippen molar-refractivity contribution in [3.63, 3.8) is 0 Å². The van der Waals surface area contributed by atoms with Crippen molar-refractivity contribution in [1.29, 1.82) is 0 Å². The smallest absolute Gasteiger partial charge is 0.342 e. The molecule has 23 heavy (non-hydrogen) atoms. The number of esters is 1. The van der Waals surface area contributed by atoms with Gasteiger partial charge in [-0.15, -0.1) is 0 Å². The third-order valence-electron chi connectivity index (χ3n) is 3.69. The van der Waals surface area contributed by atoms with E-state index in [4.69, 9.17) is 5.73 Å². The van der Waals surface area contributed by atoms with Gasteiger partial charge in [0.15, 0.2) is 0 Å². The van der Waals surface area contributed by atoms with Crippen molar-refractivity contribution in [3.05, 3.63) is 29.6 Å². The number of nitrogens with two attached hydrogens (primary N) is 1. The highest BCUT2D eigenvalue weighted by molar-refractivity contribution is 7.89. The summed E-state index contributed by atoms with van der Waals surface area (Å²) in [6.45, 7) is 4.06. The first-order valence-electron chi connectivity index (χ1n) is 7.21. The van der Waals surface area contributed by atoms with Crippen molar-refractivity contribution in [2.45, 2.75) is 31.2 Å². The zero-order chi connectivity index (χ0) is 17.8. The lowest BCUT2D eigenvalue weighted by Crippen LogP contribution is -2.35. The van der Waals surface area contributed by atoms with E-state index in [-0.39, 0.29) is 18.5 Å². The van der Waals surface area contributed by atoms with Crippen LogP contribution < -0.4 is 5.73 Å². The van der Waals surface area contributed by atoms with E-state index in [2.05, 4.69) is 4.74 Å². The molecule has 0 aromatic heterocycles. The molecule has 0 aliphatic carbocycles. The Kier molecular flexibility index (Phi) is 6.67. The quantitative estimate of drug-likeness (QED) is 0.758. The van der Waals surface area contributed by atoms with Crippen LogP contribution in [0, 0.1) is 11.7 Å². The monoisotopic (exact) mass is 346 g/mol. The topological polar surface area (TPSA) is 89.7 Å². The SMILES string of the molecule is COC(=O)c1c(F)cccc1S(=O)(=O)N(C)CCC(N)C(C)C. The lowest BCUT2D eigenvalue weighted by molar-refractivity contribution is 0.0590. The molecule has 0 saturated heterocycles. The van der Waals surface area contributed by atoms with Gasteiger partial charge in [0.2, 0.25) is 10.0 Å². The summed E-state index contributed by atoms with van der Waals surface area (Å²) in [5.41, 5.74) is 5.33. The highest BCUT2D eigenvalue weighted by atomic mass is 32.2. The Morgan fingerprint density at radius 3 is 2.52 bits per heavy atom. The van der Waals surface area contributed by atoms with Crippen molar-refractivity contribution < 1.29 is 22.3 Å². The van der Waals surface area contributed by atoms with Crippen LogP contribution in [0.3, 0.4) is 0 Å². The zero-order valence-electron chi connectivity index (χ0n) is 13.7. The van der Waals surface area contributed by atoms with Crippen molar-refractivity contribution in [2.24, 2.45) is 11.7 Å². The normalized spacial score (nSPS) is 13.4. The molecule has 130 valence electrons. The third kappa shape index (κ3) is 4.49. The maximum Gasteiger partial charge on any atom is 0.342 e. The van der Waals surface area contributed by atoms with Crippen LogP contribution in [-0.4, -0.2) is 45.4 Å². The molecule has 0 radical (unpaired) electrons. The van der Waals surface area contributed by atoms with E-state index >= 15 is 0 Å². The molecular weight excluding hydrogens is 323 g/mol. The molecule has 2 N–H and O–H groups in total. The summed E-state index contributed by atoms with van der Waals surface area (Å²) < 4.78 is 44.7.